The minimum absolute atomic E-state index is 0.188. The summed E-state index contributed by atoms with van der Waals surface area (Å²) in [6.07, 6.45) is -0.392. The van der Waals surface area contributed by atoms with E-state index in [0.717, 1.165) is 16.6 Å². The van der Waals surface area contributed by atoms with Gasteiger partial charge in [0.25, 0.3) is 0 Å². The van der Waals surface area contributed by atoms with Gasteiger partial charge in [0.15, 0.2) is 0 Å². The molecule has 0 unspecified atom stereocenters. The van der Waals surface area contributed by atoms with Gasteiger partial charge in [-0.3, -0.25) is 0 Å². The number of halogens is 1. The van der Waals surface area contributed by atoms with Gasteiger partial charge >= 0.3 is 6.09 Å². The molecular weight excluding hydrogens is 322 g/mol. The van der Waals surface area contributed by atoms with Crippen LogP contribution in [0.25, 0.3) is 0 Å². The van der Waals surface area contributed by atoms with Crippen LogP contribution in [0.15, 0.2) is 24.3 Å². The molecule has 0 saturated heterocycles. The number of carbonyl (C=O) groups excluding carboxylic acids is 1. The number of alkyl carbamates (subject to hydrolysis) is 1. The molecule has 1 atom stereocenters. The van der Waals surface area contributed by atoms with Gasteiger partial charge in [-0.1, -0.05) is 28.1 Å². The van der Waals surface area contributed by atoms with Crippen molar-refractivity contribution in [1.82, 2.24) is 5.32 Å². The molecule has 0 bridgehead atoms. The summed E-state index contributed by atoms with van der Waals surface area (Å²) in [5, 5.41) is 3.55. The van der Waals surface area contributed by atoms with Crippen LogP contribution in [-0.4, -0.2) is 30.7 Å². The zero-order valence-electron chi connectivity index (χ0n) is 12.4. The zero-order chi connectivity index (χ0) is 15.2. The van der Waals surface area contributed by atoms with Crippen molar-refractivity contribution in [1.29, 1.82) is 0 Å². The zero-order valence-corrected chi connectivity index (χ0v) is 14.0. The monoisotopic (exact) mass is 343 g/mol. The summed E-state index contributed by atoms with van der Waals surface area (Å²) < 4.78 is 10.4. The number of alkyl halides is 1. The number of rotatable bonds is 5. The minimum atomic E-state index is -0.478. The second kappa shape index (κ2) is 7.53. The third-order valence-corrected chi connectivity index (χ3v) is 3.45. The van der Waals surface area contributed by atoms with Gasteiger partial charge in [-0.25, -0.2) is 4.79 Å². The van der Waals surface area contributed by atoms with E-state index in [1.807, 2.05) is 45.0 Å². The minimum Gasteiger partial charge on any atom is -0.497 e. The Kier molecular flexibility index (Phi) is 6.33. The maximum absolute atomic E-state index is 11.6. The topological polar surface area (TPSA) is 47.6 Å². The van der Waals surface area contributed by atoms with Gasteiger partial charge in [0.1, 0.15) is 11.4 Å². The van der Waals surface area contributed by atoms with E-state index in [1.54, 1.807) is 7.11 Å². The molecule has 1 N–H and O–H groups in total. The SMILES string of the molecule is COc1ccc([C@@H](CBr)CNC(=O)OC(C)(C)C)cc1. The number of methoxy groups -OCH3 is 1. The van der Waals surface area contributed by atoms with Crippen molar-refractivity contribution in [3.8, 4) is 5.75 Å². The van der Waals surface area contributed by atoms with Gasteiger partial charge in [0, 0.05) is 17.8 Å². The first-order valence-corrected chi connectivity index (χ1v) is 7.64. The molecule has 0 saturated carbocycles. The first kappa shape index (κ1) is 16.8. The van der Waals surface area contributed by atoms with Gasteiger partial charge in [-0.2, -0.15) is 0 Å². The van der Waals surface area contributed by atoms with Crippen molar-refractivity contribution < 1.29 is 14.3 Å². The lowest BCUT2D eigenvalue weighted by Crippen LogP contribution is -2.35. The van der Waals surface area contributed by atoms with Crippen LogP contribution in [0.4, 0.5) is 4.79 Å². The fourth-order valence-corrected chi connectivity index (χ4v) is 2.26. The molecule has 0 aliphatic heterocycles. The Bertz CT molecular complexity index is 426. The van der Waals surface area contributed by atoms with Crippen LogP contribution in [0.2, 0.25) is 0 Å². The lowest BCUT2D eigenvalue weighted by Gasteiger charge is -2.21. The molecule has 5 heteroatoms. The second-order valence-electron chi connectivity index (χ2n) is 5.51. The van der Waals surface area contributed by atoms with Gasteiger partial charge in [-0.15, -0.1) is 0 Å². The highest BCUT2D eigenvalue weighted by atomic mass is 79.9. The average Bonchev–Trinajstić information content (AvgIpc) is 2.38. The smallest absolute Gasteiger partial charge is 0.407 e. The highest BCUT2D eigenvalue weighted by molar-refractivity contribution is 9.09. The van der Waals surface area contributed by atoms with Gasteiger partial charge in [0.05, 0.1) is 7.11 Å². The van der Waals surface area contributed by atoms with Crippen molar-refractivity contribution >= 4 is 22.0 Å². The van der Waals surface area contributed by atoms with Crippen molar-refractivity contribution in [3.05, 3.63) is 29.8 Å². The number of amides is 1. The van der Waals surface area contributed by atoms with Crippen LogP contribution >= 0.6 is 15.9 Å². The van der Waals surface area contributed by atoms with Crippen molar-refractivity contribution in [2.45, 2.75) is 32.3 Å². The van der Waals surface area contributed by atoms with Gasteiger partial charge < -0.3 is 14.8 Å². The molecule has 0 aromatic heterocycles. The normalized spacial score (nSPS) is 12.7. The quantitative estimate of drug-likeness (QED) is 0.829. The number of nitrogens with one attached hydrogen (secondary N) is 1. The first-order valence-electron chi connectivity index (χ1n) is 6.52. The van der Waals surface area contributed by atoms with E-state index >= 15 is 0 Å². The van der Waals surface area contributed by atoms with Crippen LogP contribution in [0.5, 0.6) is 5.75 Å². The largest absolute Gasteiger partial charge is 0.497 e. The molecule has 0 spiro atoms. The highest BCUT2D eigenvalue weighted by Crippen LogP contribution is 2.21. The summed E-state index contributed by atoms with van der Waals surface area (Å²) >= 11 is 3.48. The number of hydrogen-bond donors (Lipinski definition) is 1. The molecule has 20 heavy (non-hydrogen) atoms. The molecule has 4 nitrogen and oxygen atoms in total. The Morgan fingerprint density at radius 2 is 1.90 bits per heavy atom. The molecular formula is C15H22BrNO3. The second-order valence-corrected chi connectivity index (χ2v) is 6.15. The maximum Gasteiger partial charge on any atom is 0.407 e. The Hall–Kier alpha value is -1.23. The van der Waals surface area contributed by atoms with Crippen LogP contribution in [-0.2, 0) is 4.74 Å². The lowest BCUT2D eigenvalue weighted by molar-refractivity contribution is 0.0525. The molecule has 0 heterocycles. The molecule has 1 rings (SSSR count). The van der Waals surface area contributed by atoms with Crippen molar-refractivity contribution in [3.63, 3.8) is 0 Å². The van der Waals surface area contributed by atoms with Crippen LogP contribution in [0.1, 0.15) is 32.3 Å². The molecule has 0 radical (unpaired) electrons. The van der Waals surface area contributed by atoms with E-state index in [9.17, 15) is 4.79 Å². The molecule has 112 valence electrons. The Morgan fingerprint density at radius 1 is 1.30 bits per heavy atom. The highest BCUT2D eigenvalue weighted by Gasteiger charge is 2.17. The van der Waals surface area contributed by atoms with Crippen molar-refractivity contribution in [2.24, 2.45) is 0 Å². The average molecular weight is 344 g/mol. The van der Waals surface area contributed by atoms with Crippen molar-refractivity contribution in [2.75, 3.05) is 19.0 Å². The van der Waals surface area contributed by atoms with Crippen LogP contribution in [0, 0.1) is 0 Å². The third kappa shape index (κ3) is 5.82. The summed E-state index contributed by atoms with van der Waals surface area (Å²) in [7, 11) is 1.64. The number of benzene rings is 1. The first-order chi connectivity index (χ1) is 9.35. The standard InChI is InChI=1S/C15H22BrNO3/c1-15(2,3)20-14(18)17-10-12(9-16)11-5-7-13(19-4)8-6-11/h5-8,12H,9-10H2,1-4H3,(H,17,18)/t12-/m0/s1. The lowest BCUT2D eigenvalue weighted by atomic mass is 10.0. The Labute approximate surface area is 129 Å². The van der Waals surface area contributed by atoms with Crippen LogP contribution in [0.3, 0.4) is 0 Å². The van der Waals surface area contributed by atoms with Gasteiger partial charge in [-0.05, 0) is 38.5 Å². The summed E-state index contributed by atoms with van der Waals surface area (Å²) in [4.78, 5) is 11.6. The van der Waals surface area contributed by atoms with E-state index in [-0.39, 0.29) is 5.92 Å². The summed E-state index contributed by atoms with van der Waals surface area (Å²) in [6, 6.07) is 7.83. The molecule has 1 aromatic rings. The van der Waals surface area contributed by atoms with Gasteiger partial charge in [0.2, 0.25) is 0 Å². The molecule has 0 aliphatic rings. The fourth-order valence-electron chi connectivity index (χ4n) is 1.66. The molecule has 1 amide bonds. The van der Waals surface area contributed by atoms with E-state index < -0.39 is 11.7 Å². The molecule has 1 aromatic carbocycles. The third-order valence-electron chi connectivity index (χ3n) is 2.67. The molecule has 0 aliphatic carbocycles. The molecule has 0 fully saturated rings. The summed E-state index contributed by atoms with van der Waals surface area (Å²) in [5.41, 5.74) is 0.660. The number of carbonyl (C=O) groups is 1. The Morgan fingerprint density at radius 3 is 2.35 bits per heavy atom. The number of hydrogen-bond acceptors (Lipinski definition) is 3. The predicted octanol–water partition coefficient (Wildman–Crippen LogP) is 3.70. The van der Waals surface area contributed by atoms with E-state index in [1.165, 1.54) is 0 Å². The fraction of sp³-hybridized carbons (Fsp3) is 0.533. The Balaban J connectivity index is 2.56. The maximum atomic E-state index is 11.6. The van der Waals surface area contributed by atoms with Crippen LogP contribution < -0.4 is 10.1 Å². The summed E-state index contributed by atoms with van der Waals surface area (Å²) in [6.45, 7) is 6.06. The van der Waals surface area contributed by atoms with E-state index in [2.05, 4.69) is 21.2 Å². The number of ether oxygens (including phenoxy) is 2. The van der Waals surface area contributed by atoms with E-state index in [4.69, 9.17) is 9.47 Å². The predicted molar refractivity (Wildman–Crippen MR) is 83.8 cm³/mol. The van der Waals surface area contributed by atoms with E-state index in [0.29, 0.717) is 6.54 Å². The summed E-state index contributed by atoms with van der Waals surface area (Å²) in [5.74, 6) is 1.01.